The molecule has 5 nitrogen and oxygen atoms in total. The van der Waals surface area contributed by atoms with Crippen LogP contribution in [-0.4, -0.2) is 17.6 Å². The number of rotatable bonds is 7. The van der Waals surface area contributed by atoms with Crippen molar-refractivity contribution >= 4 is 27.7 Å². The van der Waals surface area contributed by atoms with Gasteiger partial charge in [0.1, 0.15) is 11.5 Å². The van der Waals surface area contributed by atoms with Crippen LogP contribution in [-0.2, 0) is 17.9 Å². The van der Waals surface area contributed by atoms with E-state index in [1.807, 2.05) is 72.8 Å². The highest BCUT2D eigenvalue weighted by atomic mass is 16.5. The highest BCUT2D eigenvalue weighted by molar-refractivity contribution is 6.18. The van der Waals surface area contributed by atoms with Crippen LogP contribution in [0.2, 0.25) is 0 Å². The van der Waals surface area contributed by atoms with Crippen LogP contribution in [0.25, 0.3) is 21.8 Å². The van der Waals surface area contributed by atoms with E-state index in [-0.39, 0.29) is 0 Å². The zero-order valence-electron chi connectivity index (χ0n) is 18.3. The summed E-state index contributed by atoms with van der Waals surface area (Å²) in [6.45, 7) is 1.13. The summed E-state index contributed by atoms with van der Waals surface area (Å²) in [4.78, 5) is 12.2. The summed E-state index contributed by atoms with van der Waals surface area (Å²) in [6, 6.07) is 29.7. The quantitative estimate of drug-likeness (QED) is 0.346. The Morgan fingerprint density at radius 3 is 2.39 bits per heavy atom. The summed E-state index contributed by atoms with van der Waals surface area (Å²) in [6.07, 6.45) is 0. The second kappa shape index (κ2) is 8.81. The van der Waals surface area contributed by atoms with E-state index in [4.69, 9.17) is 15.2 Å². The average molecular weight is 437 g/mol. The van der Waals surface area contributed by atoms with Crippen LogP contribution >= 0.6 is 0 Å². The van der Waals surface area contributed by atoms with E-state index in [1.54, 1.807) is 13.2 Å². The van der Waals surface area contributed by atoms with E-state index in [0.29, 0.717) is 18.7 Å². The van der Waals surface area contributed by atoms with Gasteiger partial charge < -0.3 is 19.8 Å². The molecule has 4 aromatic carbocycles. The molecular weight excluding hydrogens is 412 g/mol. The lowest BCUT2D eigenvalue weighted by molar-refractivity contribution is 0.100. The van der Waals surface area contributed by atoms with Gasteiger partial charge in [-0.1, -0.05) is 48.5 Å². The number of aromatic nitrogens is 1. The SMILES string of the molecule is COCc1ccc2c3c(C(N)=O)cccc3n(Cc3cccc(Oc4ccccc4)c3)c2c1. The highest BCUT2D eigenvalue weighted by Gasteiger charge is 2.17. The standard InChI is InChI=1S/C28H24N2O3/c1-32-18-20-13-14-23-26(16-20)30(25-12-6-11-24(27(23)25)28(29)31)17-19-7-5-10-22(15-19)33-21-8-3-2-4-9-21/h2-16H,17-18H2,1H3,(H2,29,31). The average Bonchev–Trinajstić information content (AvgIpc) is 3.13. The zero-order chi connectivity index (χ0) is 22.8. The molecule has 33 heavy (non-hydrogen) atoms. The molecule has 0 fully saturated rings. The fourth-order valence-corrected chi connectivity index (χ4v) is 4.34. The van der Waals surface area contributed by atoms with Gasteiger partial charge in [-0.25, -0.2) is 0 Å². The Labute approximate surface area is 192 Å². The minimum absolute atomic E-state index is 0.432. The molecule has 0 saturated carbocycles. The van der Waals surface area contributed by atoms with Crippen molar-refractivity contribution < 1.29 is 14.3 Å². The van der Waals surface area contributed by atoms with Crippen molar-refractivity contribution in [2.75, 3.05) is 7.11 Å². The molecule has 1 heterocycles. The van der Waals surface area contributed by atoms with Crippen LogP contribution in [0.15, 0.2) is 91.0 Å². The Morgan fingerprint density at radius 2 is 1.61 bits per heavy atom. The van der Waals surface area contributed by atoms with Crippen molar-refractivity contribution in [2.45, 2.75) is 13.2 Å². The maximum absolute atomic E-state index is 12.2. The van der Waals surface area contributed by atoms with Crippen molar-refractivity contribution in [3.63, 3.8) is 0 Å². The molecule has 0 aliphatic rings. The van der Waals surface area contributed by atoms with E-state index in [2.05, 4.69) is 16.7 Å². The van der Waals surface area contributed by atoms with Crippen molar-refractivity contribution in [2.24, 2.45) is 5.73 Å². The van der Waals surface area contributed by atoms with Crippen LogP contribution in [0, 0.1) is 0 Å². The number of nitrogens with two attached hydrogens (primary N) is 1. The third-order valence-corrected chi connectivity index (χ3v) is 5.75. The molecule has 0 aliphatic heterocycles. The van der Waals surface area contributed by atoms with Crippen LogP contribution < -0.4 is 10.5 Å². The van der Waals surface area contributed by atoms with Gasteiger partial charge in [0, 0.05) is 35.5 Å². The molecule has 164 valence electrons. The first-order valence-electron chi connectivity index (χ1n) is 10.8. The zero-order valence-corrected chi connectivity index (χ0v) is 18.3. The molecule has 1 amide bonds. The predicted octanol–water partition coefficient (Wildman–Crippen LogP) is 5.88. The number of carbonyl (C=O) groups is 1. The molecule has 1 aromatic heterocycles. The summed E-state index contributed by atoms with van der Waals surface area (Å²) in [5.74, 6) is 1.14. The Balaban J connectivity index is 1.62. The van der Waals surface area contributed by atoms with Crippen LogP contribution in [0.1, 0.15) is 21.5 Å². The Hall–Kier alpha value is -4.09. The van der Waals surface area contributed by atoms with Crippen LogP contribution in [0.5, 0.6) is 11.5 Å². The van der Waals surface area contributed by atoms with Crippen molar-refractivity contribution in [3.8, 4) is 11.5 Å². The van der Waals surface area contributed by atoms with Gasteiger partial charge >= 0.3 is 0 Å². The van der Waals surface area contributed by atoms with Gasteiger partial charge in [0.25, 0.3) is 0 Å². The first-order valence-corrected chi connectivity index (χ1v) is 10.8. The van der Waals surface area contributed by atoms with Crippen molar-refractivity contribution in [1.82, 2.24) is 4.57 Å². The summed E-state index contributed by atoms with van der Waals surface area (Å²) < 4.78 is 13.6. The maximum atomic E-state index is 12.2. The lowest BCUT2D eigenvalue weighted by Gasteiger charge is -2.11. The fraction of sp³-hybridized carbons (Fsp3) is 0.107. The molecule has 0 aliphatic carbocycles. The van der Waals surface area contributed by atoms with E-state index in [0.717, 1.165) is 44.4 Å². The summed E-state index contributed by atoms with van der Waals surface area (Å²) >= 11 is 0. The minimum Gasteiger partial charge on any atom is -0.457 e. The monoisotopic (exact) mass is 436 g/mol. The van der Waals surface area contributed by atoms with Crippen molar-refractivity contribution in [3.05, 3.63) is 108 Å². The Kier molecular flexibility index (Phi) is 5.55. The van der Waals surface area contributed by atoms with Crippen LogP contribution in [0.4, 0.5) is 0 Å². The van der Waals surface area contributed by atoms with Crippen LogP contribution in [0.3, 0.4) is 0 Å². The summed E-state index contributed by atoms with van der Waals surface area (Å²) in [7, 11) is 1.68. The van der Waals surface area contributed by atoms with Gasteiger partial charge in [0.15, 0.2) is 0 Å². The smallest absolute Gasteiger partial charge is 0.249 e. The van der Waals surface area contributed by atoms with Crippen molar-refractivity contribution in [1.29, 1.82) is 0 Å². The molecule has 2 N–H and O–H groups in total. The summed E-state index contributed by atoms with van der Waals surface area (Å²) in [5.41, 5.74) is 10.4. The second-order valence-corrected chi connectivity index (χ2v) is 8.00. The van der Waals surface area contributed by atoms with Gasteiger partial charge in [-0.15, -0.1) is 0 Å². The third kappa shape index (κ3) is 4.06. The number of carbonyl (C=O) groups excluding carboxylic acids is 1. The lowest BCUT2D eigenvalue weighted by atomic mass is 10.0. The van der Waals surface area contributed by atoms with Gasteiger partial charge in [0.2, 0.25) is 5.91 Å². The Bertz CT molecular complexity index is 1450. The van der Waals surface area contributed by atoms with E-state index in [9.17, 15) is 4.79 Å². The van der Waals surface area contributed by atoms with Gasteiger partial charge in [0.05, 0.1) is 12.1 Å². The number of amides is 1. The number of para-hydroxylation sites is 1. The van der Waals surface area contributed by atoms with Gasteiger partial charge in [-0.3, -0.25) is 4.79 Å². The number of methoxy groups -OCH3 is 1. The van der Waals surface area contributed by atoms with Gasteiger partial charge in [-0.2, -0.15) is 0 Å². The number of hydrogen-bond acceptors (Lipinski definition) is 3. The molecule has 5 heteroatoms. The first-order chi connectivity index (χ1) is 16.1. The number of ether oxygens (including phenoxy) is 2. The third-order valence-electron chi connectivity index (χ3n) is 5.75. The predicted molar refractivity (Wildman–Crippen MR) is 131 cm³/mol. The second-order valence-electron chi connectivity index (χ2n) is 8.00. The number of nitrogens with zero attached hydrogens (tertiary/aromatic N) is 1. The molecule has 5 rings (SSSR count). The molecule has 0 bridgehead atoms. The minimum atomic E-state index is -0.432. The molecule has 0 spiro atoms. The Morgan fingerprint density at radius 1 is 0.818 bits per heavy atom. The normalized spacial score (nSPS) is 11.2. The maximum Gasteiger partial charge on any atom is 0.249 e. The van der Waals surface area contributed by atoms with E-state index >= 15 is 0 Å². The molecule has 0 saturated heterocycles. The largest absolute Gasteiger partial charge is 0.457 e. The topological polar surface area (TPSA) is 66.5 Å². The highest BCUT2D eigenvalue weighted by Crippen LogP contribution is 2.33. The first kappa shape index (κ1) is 20.8. The van der Waals surface area contributed by atoms with E-state index < -0.39 is 5.91 Å². The molecule has 0 atom stereocenters. The van der Waals surface area contributed by atoms with Gasteiger partial charge in [-0.05, 0) is 53.6 Å². The number of hydrogen-bond donors (Lipinski definition) is 1. The molecular formula is C28H24N2O3. The molecule has 0 radical (unpaired) electrons. The fourth-order valence-electron chi connectivity index (χ4n) is 4.34. The summed E-state index contributed by atoms with van der Waals surface area (Å²) in [5, 5.41) is 1.87. The molecule has 5 aromatic rings. The number of fused-ring (bicyclic) bond motifs is 3. The van der Waals surface area contributed by atoms with E-state index in [1.165, 1.54) is 0 Å². The number of primary amides is 1. The lowest BCUT2D eigenvalue weighted by Crippen LogP contribution is -2.11. The number of benzene rings is 4. The molecule has 0 unspecified atom stereocenters.